The van der Waals surface area contributed by atoms with Crippen LogP contribution in [0.5, 0.6) is 0 Å². The maximum atomic E-state index is 5.63. The molecule has 0 saturated heterocycles. The molecule has 4 heteroatoms. The van der Waals surface area contributed by atoms with Crippen LogP contribution in [0.2, 0.25) is 0 Å². The van der Waals surface area contributed by atoms with Crippen molar-refractivity contribution in [2.75, 3.05) is 18.5 Å². The van der Waals surface area contributed by atoms with E-state index in [0.717, 1.165) is 42.5 Å². The first kappa shape index (κ1) is 15.6. The summed E-state index contributed by atoms with van der Waals surface area (Å²) in [6, 6.07) is 8.18. The Hall–Kier alpha value is -1.81. The zero-order valence-corrected chi connectivity index (χ0v) is 13.4. The summed E-state index contributed by atoms with van der Waals surface area (Å²) in [5.74, 6) is 2.58. The fourth-order valence-electron chi connectivity index (χ4n) is 2.18. The third-order valence-electron chi connectivity index (χ3n) is 3.29. The topological polar surface area (TPSA) is 41.3 Å². The minimum atomic E-state index is 0.651. The van der Waals surface area contributed by atoms with E-state index in [1.54, 1.807) is 0 Å². The second-order valence-corrected chi connectivity index (χ2v) is 5.90. The van der Waals surface area contributed by atoms with Crippen molar-refractivity contribution in [2.24, 2.45) is 5.92 Å². The van der Waals surface area contributed by atoms with E-state index in [1.807, 2.05) is 31.3 Å². The van der Waals surface area contributed by atoms with Crippen molar-refractivity contribution in [3.63, 3.8) is 0 Å². The molecule has 0 atom stereocenters. The van der Waals surface area contributed by atoms with Gasteiger partial charge in [-0.25, -0.2) is 0 Å². The molecule has 0 radical (unpaired) electrons. The number of rotatable bonds is 7. The Kier molecular flexibility index (Phi) is 5.39. The quantitative estimate of drug-likeness (QED) is 0.848. The highest BCUT2D eigenvalue weighted by Gasteiger charge is 2.06. The number of pyridine rings is 1. The number of aromatic nitrogens is 1. The average Bonchev–Trinajstić information content (AvgIpc) is 2.84. The number of nitrogens with zero attached hydrogens (tertiary/aromatic N) is 2. The van der Waals surface area contributed by atoms with Gasteiger partial charge in [0.1, 0.15) is 11.5 Å². The van der Waals surface area contributed by atoms with Gasteiger partial charge in [0.15, 0.2) is 0 Å². The molecule has 0 aromatic carbocycles. The zero-order valence-electron chi connectivity index (χ0n) is 13.4. The molecule has 0 aliphatic carbocycles. The van der Waals surface area contributed by atoms with Gasteiger partial charge < -0.3 is 14.6 Å². The van der Waals surface area contributed by atoms with E-state index >= 15 is 0 Å². The van der Waals surface area contributed by atoms with Crippen molar-refractivity contribution in [3.05, 3.63) is 47.7 Å². The summed E-state index contributed by atoms with van der Waals surface area (Å²) in [5, 5.41) is 3.42. The third-order valence-corrected chi connectivity index (χ3v) is 3.29. The third kappa shape index (κ3) is 4.90. The predicted molar refractivity (Wildman–Crippen MR) is 86.3 cm³/mol. The minimum Gasteiger partial charge on any atom is -0.464 e. The molecule has 0 amide bonds. The predicted octanol–water partition coefficient (Wildman–Crippen LogP) is 3.37. The molecule has 2 aromatic heterocycles. The highest BCUT2D eigenvalue weighted by molar-refractivity contribution is 5.45. The first-order chi connectivity index (χ1) is 10.0. The molecule has 0 bridgehead atoms. The van der Waals surface area contributed by atoms with Crippen molar-refractivity contribution in [1.29, 1.82) is 0 Å². The van der Waals surface area contributed by atoms with Crippen molar-refractivity contribution in [3.8, 4) is 0 Å². The molecule has 0 spiro atoms. The van der Waals surface area contributed by atoms with Crippen LogP contribution in [0.25, 0.3) is 0 Å². The molecule has 1 N–H and O–H groups in total. The summed E-state index contributed by atoms with van der Waals surface area (Å²) >= 11 is 0. The first-order valence-electron chi connectivity index (χ1n) is 7.46. The Morgan fingerprint density at radius 3 is 2.76 bits per heavy atom. The standard InChI is InChI=1S/C17H25N3O/c1-13(2)10-18-11-15-9-16(7-8-19-15)20(4)12-17-6-5-14(3)21-17/h5-9,13,18H,10-12H2,1-4H3. The number of hydrogen-bond donors (Lipinski definition) is 1. The Labute approximate surface area is 127 Å². The monoisotopic (exact) mass is 287 g/mol. The Morgan fingerprint density at radius 2 is 2.10 bits per heavy atom. The van der Waals surface area contributed by atoms with Gasteiger partial charge in [0, 0.05) is 25.5 Å². The summed E-state index contributed by atoms with van der Waals surface area (Å²) in [5.41, 5.74) is 2.22. The first-order valence-corrected chi connectivity index (χ1v) is 7.46. The van der Waals surface area contributed by atoms with Gasteiger partial charge in [-0.15, -0.1) is 0 Å². The molecule has 2 aromatic rings. The molecular formula is C17H25N3O. The zero-order chi connectivity index (χ0) is 15.2. The summed E-state index contributed by atoms with van der Waals surface area (Å²) in [6.07, 6.45) is 1.87. The second-order valence-electron chi connectivity index (χ2n) is 5.90. The number of aryl methyl sites for hydroxylation is 1. The van der Waals surface area contributed by atoms with Gasteiger partial charge in [0.05, 0.1) is 12.2 Å². The second kappa shape index (κ2) is 7.27. The lowest BCUT2D eigenvalue weighted by Gasteiger charge is -2.18. The Balaban J connectivity index is 1.95. The minimum absolute atomic E-state index is 0.651. The SMILES string of the molecule is Cc1ccc(CN(C)c2ccnc(CNCC(C)C)c2)o1. The summed E-state index contributed by atoms with van der Waals surface area (Å²) in [7, 11) is 2.07. The van der Waals surface area contributed by atoms with E-state index in [4.69, 9.17) is 4.42 Å². The van der Waals surface area contributed by atoms with E-state index in [1.165, 1.54) is 0 Å². The van der Waals surface area contributed by atoms with Gasteiger partial charge in [0.2, 0.25) is 0 Å². The van der Waals surface area contributed by atoms with Crippen molar-refractivity contribution in [1.82, 2.24) is 10.3 Å². The summed E-state index contributed by atoms with van der Waals surface area (Å²) in [6.45, 7) is 8.95. The van der Waals surface area contributed by atoms with Crippen LogP contribution in [0.1, 0.15) is 31.1 Å². The van der Waals surface area contributed by atoms with Crippen LogP contribution >= 0.6 is 0 Å². The molecule has 0 fully saturated rings. The van der Waals surface area contributed by atoms with Crippen molar-refractivity contribution >= 4 is 5.69 Å². The van der Waals surface area contributed by atoms with Crippen LogP contribution in [0.15, 0.2) is 34.9 Å². The fraction of sp³-hybridized carbons (Fsp3) is 0.471. The highest BCUT2D eigenvalue weighted by Crippen LogP contribution is 2.17. The normalized spacial score (nSPS) is 11.1. The molecule has 114 valence electrons. The number of nitrogens with one attached hydrogen (secondary N) is 1. The fourth-order valence-corrected chi connectivity index (χ4v) is 2.18. The lowest BCUT2D eigenvalue weighted by molar-refractivity contribution is 0.481. The lowest BCUT2D eigenvalue weighted by Crippen LogP contribution is -2.20. The smallest absolute Gasteiger partial charge is 0.123 e. The van der Waals surface area contributed by atoms with Gasteiger partial charge in [-0.05, 0) is 43.7 Å². The van der Waals surface area contributed by atoms with E-state index in [2.05, 4.69) is 42.2 Å². The maximum Gasteiger partial charge on any atom is 0.123 e. The largest absolute Gasteiger partial charge is 0.464 e. The Morgan fingerprint density at radius 1 is 1.29 bits per heavy atom. The summed E-state index contributed by atoms with van der Waals surface area (Å²) in [4.78, 5) is 6.59. The summed E-state index contributed by atoms with van der Waals surface area (Å²) < 4.78 is 5.63. The molecule has 0 aliphatic heterocycles. The van der Waals surface area contributed by atoms with Crippen LogP contribution in [0, 0.1) is 12.8 Å². The van der Waals surface area contributed by atoms with Crippen LogP contribution in [0.4, 0.5) is 5.69 Å². The van der Waals surface area contributed by atoms with Gasteiger partial charge in [-0.3, -0.25) is 4.98 Å². The molecule has 0 unspecified atom stereocenters. The van der Waals surface area contributed by atoms with E-state index in [-0.39, 0.29) is 0 Å². The lowest BCUT2D eigenvalue weighted by atomic mass is 10.2. The maximum absolute atomic E-state index is 5.63. The van der Waals surface area contributed by atoms with Crippen LogP contribution in [-0.2, 0) is 13.1 Å². The Bertz CT molecular complexity index is 563. The van der Waals surface area contributed by atoms with Gasteiger partial charge in [0.25, 0.3) is 0 Å². The van der Waals surface area contributed by atoms with Gasteiger partial charge >= 0.3 is 0 Å². The van der Waals surface area contributed by atoms with Crippen LogP contribution < -0.4 is 10.2 Å². The molecular weight excluding hydrogens is 262 g/mol. The van der Waals surface area contributed by atoms with E-state index in [9.17, 15) is 0 Å². The van der Waals surface area contributed by atoms with Gasteiger partial charge in [-0.1, -0.05) is 13.8 Å². The molecule has 2 heterocycles. The average molecular weight is 287 g/mol. The van der Waals surface area contributed by atoms with Crippen molar-refractivity contribution < 1.29 is 4.42 Å². The van der Waals surface area contributed by atoms with Crippen LogP contribution in [-0.4, -0.2) is 18.6 Å². The number of hydrogen-bond acceptors (Lipinski definition) is 4. The molecule has 21 heavy (non-hydrogen) atoms. The van der Waals surface area contributed by atoms with Gasteiger partial charge in [-0.2, -0.15) is 0 Å². The molecule has 0 saturated carbocycles. The van der Waals surface area contributed by atoms with Crippen molar-refractivity contribution in [2.45, 2.75) is 33.9 Å². The number of furan rings is 1. The van der Waals surface area contributed by atoms with E-state index in [0.29, 0.717) is 5.92 Å². The van der Waals surface area contributed by atoms with Crippen LogP contribution in [0.3, 0.4) is 0 Å². The highest BCUT2D eigenvalue weighted by atomic mass is 16.3. The molecule has 2 rings (SSSR count). The molecule has 0 aliphatic rings. The number of anilines is 1. The van der Waals surface area contributed by atoms with E-state index < -0.39 is 0 Å². The molecule has 4 nitrogen and oxygen atoms in total.